The van der Waals surface area contributed by atoms with E-state index in [0.717, 1.165) is 13.1 Å². The largest absolute Gasteiger partial charge is 0.147 e. The van der Waals surface area contributed by atoms with Gasteiger partial charge in [-0.05, 0) is 0 Å². The minimum Gasteiger partial charge on any atom is -0.147 e. The van der Waals surface area contributed by atoms with Crippen LogP contribution in [0.4, 0.5) is 0 Å². The van der Waals surface area contributed by atoms with Gasteiger partial charge in [-0.3, -0.25) is 0 Å². The number of likely N-dealkylation sites (N-methyl/N-ethyl adjacent to an activating group) is 2. The minimum absolute atomic E-state index is 0. The molecule has 0 saturated heterocycles. The fourth-order valence-electron chi connectivity index (χ4n) is 2.52. The van der Waals surface area contributed by atoms with Crippen LogP contribution in [-0.2, 0) is 23.2 Å². The Morgan fingerprint density at radius 1 is 0.810 bits per heavy atom. The summed E-state index contributed by atoms with van der Waals surface area (Å²) in [5, 5.41) is 0. The minimum atomic E-state index is -0.548. The van der Waals surface area contributed by atoms with Crippen molar-refractivity contribution in [3.8, 4) is 0 Å². The number of halogens is 2. The third-order valence-electron chi connectivity index (χ3n) is 3.33. The summed E-state index contributed by atoms with van der Waals surface area (Å²) in [4.78, 5) is 4.57. The van der Waals surface area contributed by atoms with Crippen LogP contribution in [0.3, 0.4) is 0 Å². The summed E-state index contributed by atoms with van der Waals surface area (Å²) in [7, 11) is 8.65. The zero-order chi connectivity index (χ0) is 13.8. The van der Waals surface area contributed by atoms with Crippen LogP contribution in [0.15, 0.2) is 42.0 Å². The molecular formula is C16H26Cl2N2Zr. The fraction of sp³-hybridized carbons (Fsp3) is 0.500. The van der Waals surface area contributed by atoms with Gasteiger partial charge in [0, 0.05) is 0 Å². The van der Waals surface area contributed by atoms with Crippen LogP contribution in [0.25, 0.3) is 0 Å². The second kappa shape index (κ2) is 10.2. The Morgan fingerprint density at radius 3 is 1.52 bits per heavy atom. The van der Waals surface area contributed by atoms with Crippen molar-refractivity contribution in [2.24, 2.45) is 0 Å². The van der Waals surface area contributed by atoms with Crippen LogP contribution < -0.4 is 0 Å². The van der Waals surface area contributed by atoms with Gasteiger partial charge in [-0.25, -0.2) is 0 Å². The van der Waals surface area contributed by atoms with E-state index in [1.807, 2.05) is 0 Å². The molecule has 2 aliphatic rings. The summed E-state index contributed by atoms with van der Waals surface area (Å²) in [6, 6.07) is 0. The van der Waals surface area contributed by atoms with Crippen LogP contribution in [0, 0.1) is 0 Å². The average molecular weight is 409 g/mol. The molecule has 0 aromatic rings. The van der Waals surface area contributed by atoms with Gasteiger partial charge in [-0.15, -0.1) is 24.8 Å². The zero-order valence-corrected chi connectivity index (χ0v) is 17.4. The van der Waals surface area contributed by atoms with Gasteiger partial charge in [0.15, 0.2) is 0 Å². The maximum absolute atomic E-state index is 2.35. The summed E-state index contributed by atoms with van der Waals surface area (Å²) >= 11 is -0.548. The molecule has 0 amide bonds. The second-order valence-corrected chi connectivity index (χ2v) is 9.40. The van der Waals surface area contributed by atoms with E-state index in [1.54, 1.807) is 17.7 Å². The van der Waals surface area contributed by atoms with Crippen molar-refractivity contribution >= 4 is 24.8 Å². The molecule has 0 atom stereocenters. The van der Waals surface area contributed by atoms with Crippen molar-refractivity contribution in [3.63, 3.8) is 0 Å². The molecule has 2 aliphatic carbocycles. The molecule has 0 saturated carbocycles. The van der Waals surface area contributed by atoms with E-state index in [2.05, 4.69) is 62.3 Å². The molecule has 118 valence electrons. The molecule has 2 nitrogen and oxygen atoms in total. The van der Waals surface area contributed by atoms with Gasteiger partial charge in [0.25, 0.3) is 0 Å². The Balaban J connectivity index is 0.00000200. The Bertz CT molecular complexity index is 421. The molecule has 5 heteroatoms. The van der Waals surface area contributed by atoms with Gasteiger partial charge in [-0.2, -0.15) is 0 Å². The summed E-state index contributed by atoms with van der Waals surface area (Å²) in [5.41, 5.74) is 3.19. The van der Waals surface area contributed by atoms with Gasteiger partial charge in [-0.1, -0.05) is 0 Å². The van der Waals surface area contributed by atoms with Gasteiger partial charge in [0.05, 0.1) is 0 Å². The summed E-state index contributed by atoms with van der Waals surface area (Å²) in [6.07, 6.45) is 11.8. The molecule has 0 fully saturated rings. The molecule has 21 heavy (non-hydrogen) atoms. The molecule has 0 unspecified atom stereocenters. The van der Waals surface area contributed by atoms with Crippen LogP contribution in [0.2, 0.25) is 0 Å². The first-order valence-electron chi connectivity index (χ1n) is 6.90. The van der Waals surface area contributed by atoms with Crippen molar-refractivity contribution in [2.45, 2.75) is 12.8 Å². The molecule has 0 aromatic heterocycles. The summed E-state index contributed by atoms with van der Waals surface area (Å²) in [5.74, 6) is 0. The fourth-order valence-corrected chi connectivity index (χ4v) is 6.09. The van der Waals surface area contributed by atoms with Crippen LogP contribution in [0.5, 0.6) is 0 Å². The summed E-state index contributed by atoms with van der Waals surface area (Å²) in [6.45, 7) is 2.22. The predicted molar refractivity (Wildman–Crippen MR) is 93.2 cm³/mol. The molecule has 0 aliphatic heterocycles. The van der Waals surface area contributed by atoms with Gasteiger partial charge in [0.1, 0.15) is 0 Å². The van der Waals surface area contributed by atoms with Crippen molar-refractivity contribution in [1.29, 1.82) is 0 Å². The average Bonchev–Trinajstić information content (AvgIpc) is 2.89. The smallest absolute Gasteiger partial charge is 0.147 e. The molecule has 0 spiro atoms. The number of allylic oxidation sites excluding steroid dienone is 4. The van der Waals surface area contributed by atoms with E-state index in [4.69, 9.17) is 0 Å². The topological polar surface area (TPSA) is 6.48 Å². The molecular weight excluding hydrogens is 382 g/mol. The molecule has 2 rings (SSSR count). The van der Waals surface area contributed by atoms with E-state index in [-0.39, 0.29) is 24.8 Å². The molecule has 0 bridgehead atoms. The van der Waals surface area contributed by atoms with Crippen molar-refractivity contribution in [1.82, 2.24) is 9.80 Å². The standard InChI is InChI=1S/2C8H12N.2ClH.Zr/c2*1-9(2)7-8-5-3-4-6-8;;;/h2*3,5H,4,7H2,1-2H3;2*1H;. The first-order chi connectivity index (χ1) is 9.06. The number of hydrogen-bond acceptors (Lipinski definition) is 2. The van der Waals surface area contributed by atoms with E-state index in [1.165, 1.54) is 12.8 Å². The predicted octanol–water partition coefficient (Wildman–Crippen LogP) is 3.46. The maximum atomic E-state index is 2.35. The molecule has 0 N–H and O–H groups in total. The third kappa shape index (κ3) is 6.54. The van der Waals surface area contributed by atoms with Gasteiger partial charge in [0.2, 0.25) is 0 Å². The van der Waals surface area contributed by atoms with Crippen molar-refractivity contribution in [3.05, 3.63) is 42.0 Å². The first-order valence-corrected chi connectivity index (χ1v) is 9.35. The Kier molecular flexibility index (Phi) is 10.3. The maximum Gasteiger partial charge on any atom is -0.147 e. The van der Waals surface area contributed by atoms with E-state index >= 15 is 0 Å². The molecule has 0 radical (unpaired) electrons. The monoisotopic (exact) mass is 406 g/mol. The number of hydrogen-bond donors (Lipinski definition) is 0. The zero-order valence-electron chi connectivity index (χ0n) is 13.3. The first kappa shape index (κ1) is 21.3. The van der Waals surface area contributed by atoms with Crippen LogP contribution in [0.1, 0.15) is 12.8 Å². The SMILES string of the molecule is CN(C)CC1=[C]([Zr][C]2=C(CN(C)C)C=CC2)CC=C1.Cl.Cl. The summed E-state index contributed by atoms with van der Waals surface area (Å²) < 4.78 is 3.57. The van der Waals surface area contributed by atoms with E-state index in [9.17, 15) is 0 Å². The van der Waals surface area contributed by atoms with Gasteiger partial charge >= 0.3 is 129 Å². The van der Waals surface area contributed by atoms with Crippen LogP contribution in [-0.4, -0.2) is 51.1 Å². The molecule has 0 heterocycles. The van der Waals surface area contributed by atoms with E-state index in [0.29, 0.717) is 0 Å². The van der Waals surface area contributed by atoms with Crippen LogP contribution >= 0.6 is 24.8 Å². The Morgan fingerprint density at radius 2 is 1.19 bits per heavy atom. The van der Waals surface area contributed by atoms with Gasteiger partial charge < -0.3 is 0 Å². The van der Waals surface area contributed by atoms with Crippen molar-refractivity contribution < 1.29 is 23.2 Å². The molecule has 0 aromatic carbocycles. The van der Waals surface area contributed by atoms with E-state index < -0.39 is 23.2 Å². The number of rotatable bonds is 6. The van der Waals surface area contributed by atoms with Crippen molar-refractivity contribution in [2.75, 3.05) is 41.3 Å². The number of nitrogens with zero attached hydrogens (tertiary/aromatic N) is 2. The Labute approximate surface area is 153 Å². The normalized spacial score (nSPS) is 16.9. The Hall–Kier alpha value is 0.343. The third-order valence-corrected chi connectivity index (χ3v) is 7.40. The second-order valence-electron chi connectivity index (χ2n) is 5.82. The quantitative estimate of drug-likeness (QED) is 0.664.